The summed E-state index contributed by atoms with van der Waals surface area (Å²) in [6.45, 7) is 2.01. The van der Waals surface area contributed by atoms with Crippen LogP contribution in [-0.4, -0.2) is 33.7 Å². The zero-order valence-corrected chi connectivity index (χ0v) is 10.0. The first-order valence-electron chi connectivity index (χ1n) is 5.54. The van der Waals surface area contributed by atoms with Gasteiger partial charge in [0.2, 0.25) is 5.91 Å². The minimum atomic E-state index is -0.672. The Hall–Kier alpha value is -0.420. The predicted molar refractivity (Wildman–Crippen MR) is 61.9 cm³/mol. The first kappa shape index (κ1) is 12.6. The van der Waals surface area contributed by atoms with Crippen molar-refractivity contribution >= 4 is 16.7 Å². The monoisotopic (exact) mass is 232 g/mol. The summed E-state index contributed by atoms with van der Waals surface area (Å²) in [6, 6.07) is -0.208. The molecule has 0 saturated carbocycles. The van der Waals surface area contributed by atoms with Crippen molar-refractivity contribution in [1.82, 2.24) is 5.32 Å². The summed E-state index contributed by atoms with van der Waals surface area (Å²) < 4.78 is 11.1. The van der Waals surface area contributed by atoms with Gasteiger partial charge in [0.05, 0.1) is 6.04 Å². The van der Waals surface area contributed by atoms with Gasteiger partial charge >= 0.3 is 0 Å². The summed E-state index contributed by atoms with van der Waals surface area (Å²) in [6.07, 6.45) is 3.28. The van der Waals surface area contributed by atoms with Gasteiger partial charge in [-0.3, -0.25) is 9.00 Å². The van der Waals surface area contributed by atoms with Crippen LogP contribution in [0, 0.1) is 0 Å². The van der Waals surface area contributed by atoms with Gasteiger partial charge in [-0.2, -0.15) is 0 Å². The molecule has 1 fully saturated rings. The molecule has 1 rings (SSSR count). The molecular weight excluding hydrogens is 212 g/mol. The zero-order valence-electron chi connectivity index (χ0n) is 9.20. The second-order valence-electron chi connectivity index (χ2n) is 4.03. The standard InChI is InChI=1S/C10H20N2O2S/c1-2-3-9(11)10(13)12-8-4-6-15(14)7-5-8/h8-9H,2-7,11H2,1H3,(H,12,13)/t8?,9-,15?/m1/s1. The fourth-order valence-corrected chi connectivity index (χ4v) is 2.99. The number of carbonyl (C=O) groups is 1. The average Bonchev–Trinajstić information content (AvgIpc) is 2.22. The molecule has 88 valence electrons. The highest BCUT2D eigenvalue weighted by molar-refractivity contribution is 7.85. The van der Waals surface area contributed by atoms with Gasteiger partial charge in [-0.15, -0.1) is 0 Å². The van der Waals surface area contributed by atoms with Crippen LogP contribution in [0.25, 0.3) is 0 Å². The van der Waals surface area contributed by atoms with E-state index >= 15 is 0 Å². The molecule has 1 amide bonds. The number of amides is 1. The largest absolute Gasteiger partial charge is 0.352 e. The van der Waals surface area contributed by atoms with E-state index in [0.29, 0.717) is 11.5 Å². The van der Waals surface area contributed by atoms with Crippen LogP contribution in [0.2, 0.25) is 0 Å². The molecule has 1 heterocycles. The Balaban J connectivity index is 2.28. The van der Waals surface area contributed by atoms with E-state index in [1.54, 1.807) is 0 Å². The van der Waals surface area contributed by atoms with Crippen LogP contribution in [0.1, 0.15) is 32.6 Å². The lowest BCUT2D eigenvalue weighted by atomic mass is 10.1. The lowest BCUT2D eigenvalue weighted by Crippen LogP contribution is -2.47. The number of rotatable bonds is 4. The summed E-state index contributed by atoms with van der Waals surface area (Å²) >= 11 is 0. The molecule has 0 spiro atoms. The van der Waals surface area contributed by atoms with E-state index in [4.69, 9.17) is 5.73 Å². The molecule has 4 nitrogen and oxygen atoms in total. The smallest absolute Gasteiger partial charge is 0.237 e. The molecule has 0 bridgehead atoms. The second-order valence-corrected chi connectivity index (χ2v) is 5.72. The molecule has 5 heteroatoms. The molecule has 3 N–H and O–H groups in total. The van der Waals surface area contributed by atoms with Crippen molar-refractivity contribution in [3.63, 3.8) is 0 Å². The number of nitrogens with one attached hydrogen (secondary N) is 1. The molecule has 15 heavy (non-hydrogen) atoms. The summed E-state index contributed by atoms with van der Waals surface area (Å²) in [5.41, 5.74) is 5.70. The first-order chi connectivity index (χ1) is 7.13. The van der Waals surface area contributed by atoms with Crippen molar-refractivity contribution in [3.8, 4) is 0 Å². The number of carbonyl (C=O) groups excluding carboxylic acids is 1. The predicted octanol–water partition coefficient (Wildman–Crippen LogP) is 0.141. The Morgan fingerprint density at radius 3 is 2.67 bits per heavy atom. The van der Waals surface area contributed by atoms with Crippen molar-refractivity contribution in [2.45, 2.75) is 44.7 Å². The summed E-state index contributed by atoms with van der Waals surface area (Å²) in [7, 11) is -0.672. The van der Waals surface area contributed by atoms with Crippen molar-refractivity contribution in [2.24, 2.45) is 5.73 Å². The molecule has 1 atom stereocenters. The van der Waals surface area contributed by atoms with Crippen molar-refractivity contribution < 1.29 is 9.00 Å². The van der Waals surface area contributed by atoms with Gasteiger partial charge in [0.1, 0.15) is 0 Å². The highest BCUT2D eigenvalue weighted by Gasteiger charge is 2.21. The van der Waals surface area contributed by atoms with Gasteiger partial charge in [-0.25, -0.2) is 0 Å². The van der Waals surface area contributed by atoms with Gasteiger partial charge in [-0.1, -0.05) is 13.3 Å². The molecule has 1 aliphatic rings. The van der Waals surface area contributed by atoms with E-state index in [9.17, 15) is 9.00 Å². The van der Waals surface area contributed by atoms with E-state index in [2.05, 4.69) is 5.32 Å². The third kappa shape index (κ3) is 4.30. The van der Waals surface area contributed by atoms with Crippen LogP contribution in [-0.2, 0) is 15.6 Å². The fourth-order valence-electron chi connectivity index (χ4n) is 1.69. The molecule has 0 aromatic heterocycles. The molecule has 1 saturated heterocycles. The van der Waals surface area contributed by atoms with E-state index < -0.39 is 10.8 Å². The number of nitrogens with two attached hydrogens (primary N) is 1. The third-order valence-corrected chi connectivity index (χ3v) is 4.05. The van der Waals surface area contributed by atoms with E-state index in [1.807, 2.05) is 6.92 Å². The molecule has 0 aromatic rings. The Morgan fingerprint density at radius 2 is 2.13 bits per heavy atom. The highest BCUT2D eigenvalue weighted by Crippen LogP contribution is 2.09. The van der Waals surface area contributed by atoms with Crippen LogP contribution in [0.15, 0.2) is 0 Å². The Bertz CT molecular complexity index is 236. The maximum atomic E-state index is 11.6. The molecule has 0 aliphatic carbocycles. The highest BCUT2D eigenvalue weighted by atomic mass is 32.2. The average molecular weight is 232 g/mol. The summed E-state index contributed by atoms with van der Waals surface area (Å²) in [5, 5.41) is 2.93. The summed E-state index contributed by atoms with van der Waals surface area (Å²) in [4.78, 5) is 11.6. The molecular formula is C10H20N2O2S. The van der Waals surface area contributed by atoms with Crippen LogP contribution < -0.4 is 11.1 Å². The molecule has 1 aliphatic heterocycles. The zero-order chi connectivity index (χ0) is 11.3. The maximum Gasteiger partial charge on any atom is 0.237 e. The van der Waals surface area contributed by atoms with Crippen LogP contribution in [0.5, 0.6) is 0 Å². The SMILES string of the molecule is CCC[C@@H](N)C(=O)NC1CCS(=O)CC1. The Kier molecular flexibility index (Phi) is 5.25. The van der Waals surface area contributed by atoms with Crippen LogP contribution >= 0.6 is 0 Å². The van der Waals surface area contributed by atoms with Gasteiger partial charge in [-0.05, 0) is 19.3 Å². The van der Waals surface area contributed by atoms with Gasteiger partial charge in [0.15, 0.2) is 0 Å². The van der Waals surface area contributed by atoms with E-state index in [0.717, 1.165) is 25.7 Å². The van der Waals surface area contributed by atoms with Gasteiger partial charge in [0, 0.05) is 28.3 Å². The van der Waals surface area contributed by atoms with Crippen molar-refractivity contribution in [3.05, 3.63) is 0 Å². The first-order valence-corrected chi connectivity index (χ1v) is 7.03. The summed E-state index contributed by atoms with van der Waals surface area (Å²) in [5.74, 6) is 1.34. The Labute approximate surface area is 93.4 Å². The molecule has 0 unspecified atom stereocenters. The minimum Gasteiger partial charge on any atom is -0.352 e. The second kappa shape index (κ2) is 6.23. The lowest BCUT2D eigenvalue weighted by molar-refractivity contribution is -0.123. The normalized spacial score (nSPS) is 28.4. The maximum absolute atomic E-state index is 11.6. The van der Waals surface area contributed by atoms with Crippen LogP contribution in [0.4, 0.5) is 0 Å². The quantitative estimate of drug-likeness (QED) is 0.724. The number of hydrogen-bond acceptors (Lipinski definition) is 3. The number of hydrogen-bond donors (Lipinski definition) is 2. The molecule has 0 radical (unpaired) electrons. The van der Waals surface area contributed by atoms with E-state index in [-0.39, 0.29) is 18.0 Å². The van der Waals surface area contributed by atoms with Crippen molar-refractivity contribution in [1.29, 1.82) is 0 Å². The van der Waals surface area contributed by atoms with Crippen LogP contribution in [0.3, 0.4) is 0 Å². The third-order valence-electron chi connectivity index (χ3n) is 2.67. The lowest BCUT2D eigenvalue weighted by Gasteiger charge is -2.24. The minimum absolute atomic E-state index is 0.0606. The topological polar surface area (TPSA) is 72.2 Å². The molecule has 0 aromatic carbocycles. The van der Waals surface area contributed by atoms with Gasteiger partial charge < -0.3 is 11.1 Å². The van der Waals surface area contributed by atoms with E-state index in [1.165, 1.54) is 0 Å². The van der Waals surface area contributed by atoms with Crippen molar-refractivity contribution in [2.75, 3.05) is 11.5 Å². The Morgan fingerprint density at radius 1 is 1.53 bits per heavy atom. The van der Waals surface area contributed by atoms with Gasteiger partial charge in [0.25, 0.3) is 0 Å². The fraction of sp³-hybridized carbons (Fsp3) is 0.900.